The Morgan fingerprint density at radius 2 is 1.76 bits per heavy atom. The van der Waals surface area contributed by atoms with Crippen LogP contribution in [0, 0.1) is 12.8 Å². The average Bonchev–Trinajstić information content (AvgIpc) is 3.25. The van der Waals surface area contributed by atoms with Crippen LogP contribution in [-0.4, -0.2) is 67.0 Å². The second-order valence-electron chi connectivity index (χ2n) is 8.52. The van der Waals surface area contributed by atoms with Gasteiger partial charge in [0.05, 0.1) is 19.1 Å². The second-order valence-corrected chi connectivity index (χ2v) is 8.52. The fourth-order valence-corrected chi connectivity index (χ4v) is 4.79. The van der Waals surface area contributed by atoms with Gasteiger partial charge in [-0.1, -0.05) is 48.0 Å². The molecule has 2 aromatic rings. The number of ether oxygens (including phenoxy) is 1. The highest BCUT2D eigenvalue weighted by Gasteiger charge is 2.52. The maximum atomic E-state index is 13.6. The summed E-state index contributed by atoms with van der Waals surface area (Å²) >= 11 is 0. The van der Waals surface area contributed by atoms with Crippen molar-refractivity contribution in [2.24, 2.45) is 5.92 Å². The number of piperazine rings is 1. The van der Waals surface area contributed by atoms with Crippen molar-refractivity contribution in [3.05, 3.63) is 65.7 Å². The molecule has 0 spiro atoms. The van der Waals surface area contributed by atoms with Gasteiger partial charge in [0.25, 0.3) is 0 Å². The molecule has 2 heterocycles. The van der Waals surface area contributed by atoms with Crippen LogP contribution in [-0.2, 0) is 14.3 Å². The van der Waals surface area contributed by atoms with Crippen molar-refractivity contribution in [2.45, 2.75) is 25.4 Å². The molecule has 0 saturated carbocycles. The first-order valence-electron chi connectivity index (χ1n) is 11.3. The van der Waals surface area contributed by atoms with Gasteiger partial charge in [0, 0.05) is 31.9 Å². The van der Waals surface area contributed by atoms with Crippen LogP contribution in [0.3, 0.4) is 0 Å². The Morgan fingerprint density at radius 1 is 1.03 bits per heavy atom. The molecule has 2 N–H and O–H groups in total. The van der Waals surface area contributed by atoms with E-state index in [4.69, 9.17) is 4.74 Å². The Morgan fingerprint density at radius 3 is 2.42 bits per heavy atom. The van der Waals surface area contributed by atoms with Gasteiger partial charge in [-0.05, 0) is 31.0 Å². The first-order chi connectivity index (χ1) is 16.0. The predicted molar refractivity (Wildman–Crippen MR) is 125 cm³/mol. The van der Waals surface area contributed by atoms with Crippen molar-refractivity contribution in [3.8, 4) is 0 Å². The Balaban J connectivity index is 1.74. The van der Waals surface area contributed by atoms with Gasteiger partial charge in [-0.15, -0.1) is 0 Å². The van der Waals surface area contributed by atoms with Crippen LogP contribution in [0.5, 0.6) is 0 Å². The van der Waals surface area contributed by atoms with Crippen molar-refractivity contribution >= 4 is 23.6 Å². The molecule has 0 aromatic heterocycles. The van der Waals surface area contributed by atoms with Crippen LogP contribution < -0.4 is 10.6 Å². The molecule has 3 unspecified atom stereocenters. The lowest BCUT2D eigenvalue weighted by Gasteiger charge is -2.35. The average molecular weight is 451 g/mol. The molecule has 4 rings (SSSR count). The van der Waals surface area contributed by atoms with Crippen molar-refractivity contribution in [3.63, 3.8) is 0 Å². The lowest BCUT2D eigenvalue weighted by Crippen LogP contribution is -2.54. The van der Waals surface area contributed by atoms with E-state index in [0.29, 0.717) is 31.9 Å². The number of urea groups is 1. The summed E-state index contributed by atoms with van der Waals surface area (Å²) in [5, 5.41) is 6.16. The van der Waals surface area contributed by atoms with E-state index in [2.05, 4.69) is 10.6 Å². The molecular weight excluding hydrogens is 420 g/mol. The minimum absolute atomic E-state index is 0.135. The number of nitrogens with one attached hydrogen (secondary N) is 2. The fraction of sp³-hybridized carbons (Fsp3) is 0.400. The van der Waals surface area contributed by atoms with Crippen molar-refractivity contribution in [2.75, 3.05) is 38.6 Å². The number of methoxy groups -OCH3 is 1. The fourth-order valence-electron chi connectivity index (χ4n) is 4.79. The Hall–Kier alpha value is -3.39. The van der Waals surface area contributed by atoms with Gasteiger partial charge in [-0.3, -0.25) is 9.59 Å². The second kappa shape index (κ2) is 10.0. The maximum Gasteiger partial charge on any atom is 0.323 e. The number of esters is 1. The summed E-state index contributed by atoms with van der Waals surface area (Å²) in [6, 6.07) is 15.0. The quantitative estimate of drug-likeness (QED) is 0.699. The maximum absolute atomic E-state index is 13.6. The van der Waals surface area contributed by atoms with Crippen LogP contribution in [0.1, 0.15) is 23.6 Å². The number of aryl methyl sites for hydroxylation is 1. The number of benzene rings is 2. The van der Waals surface area contributed by atoms with E-state index in [-0.39, 0.29) is 12.3 Å². The number of likely N-dealkylation sites (tertiary alicyclic amines) is 1. The van der Waals surface area contributed by atoms with E-state index in [1.165, 1.54) is 7.11 Å². The van der Waals surface area contributed by atoms with E-state index in [0.717, 1.165) is 11.1 Å². The van der Waals surface area contributed by atoms with Crippen molar-refractivity contribution in [1.29, 1.82) is 0 Å². The standard InChI is InChI=1S/C25H30N4O4/c1-17-7-6-8-18(15-17)22-20(24(31)33-2)16-21(23(30)28-13-11-26-12-14-28)29(22)25(32)27-19-9-4-3-5-10-19/h3-10,15,20-22,26H,11-14,16H2,1-2H3,(H,27,32). The lowest BCUT2D eigenvalue weighted by atomic mass is 9.92. The van der Waals surface area contributed by atoms with E-state index >= 15 is 0 Å². The van der Waals surface area contributed by atoms with Gasteiger partial charge in [0.15, 0.2) is 0 Å². The normalized spacial score (nSPS) is 22.7. The predicted octanol–water partition coefficient (Wildman–Crippen LogP) is 2.56. The van der Waals surface area contributed by atoms with Crippen LogP contribution in [0.25, 0.3) is 0 Å². The number of hydrogen-bond acceptors (Lipinski definition) is 5. The zero-order valence-electron chi connectivity index (χ0n) is 19.0. The zero-order chi connectivity index (χ0) is 23.4. The van der Waals surface area contributed by atoms with Crippen LogP contribution >= 0.6 is 0 Å². The molecule has 0 bridgehead atoms. The number of amides is 3. The zero-order valence-corrected chi connectivity index (χ0v) is 19.0. The molecule has 0 radical (unpaired) electrons. The number of para-hydroxylation sites is 1. The summed E-state index contributed by atoms with van der Waals surface area (Å²) < 4.78 is 5.10. The summed E-state index contributed by atoms with van der Waals surface area (Å²) in [4.78, 5) is 43.4. The Bertz CT molecular complexity index is 1010. The SMILES string of the molecule is COC(=O)C1CC(C(=O)N2CCNCC2)N(C(=O)Nc2ccccc2)C1c1cccc(C)c1. The molecule has 8 heteroatoms. The van der Waals surface area contributed by atoms with Crippen molar-refractivity contribution in [1.82, 2.24) is 15.1 Å². The number of carbonyl (C=O) groups is 3. The Labute approximate surface area is 193 Å². The van der Waals surface area contributed by atoms with Gasteiger partial charge in [-0.25, -0.2) is 4.79 Å². The highest BCUT2D eigenvalue weighted by Crippen LogP contribution is 2.43. The molecule has 3 atom stereocenters. The number of carbonyl (C=O) groups excluding carboxylic acids is 3. The molecular formula is C25H30N4O4. The van der Waals surface area contributed by atoms with Gasteiger partial charge in [0.2, 0.25) is 5.91 Å². The summed E-state index contributed by atoms with van der Waals surface area (Å²) in [5.41, 5.74) is 2.45. The lowest BCUT2D eigenvalue weighted by molar-refractivity contribution is -0.146. The molecule has 0 aliphatic carbocycles. The van der Waals surface area contributed by atoms with E-state index in [1.807, 2.05) is 49.4 Å². The van der Waals surface area contributed by atoms with Gasteiger partial charge < -0.3 is 25.2 Å². The van der Waals surface area contributed by atoms with Crippen LogP contribution in [0.4, 0.5) is 10.5 Å². The molecule has 174 valence electrons. The third-order valence-corrected chi connectivity index (χ3v) is 6.35. The minimum atomic E-state index is -0.763. The van der Waals surface area contributed by atoms with E-state index in [9.17, 15) is 14.4 Å². The van der Waals surface area contributed by atoms with E-state index < -0.39 is 30.0 Å². The number of hydrogen-bond donors (Lipinski definition) is 2. The Kier molecular flexibility index (Phi) is 6.93. The van der Waals surface area contributed by atoms with E-state index in [1.54, 1.807) is 21.9 Å². The smallest absolute Gasteiger partial charge is 0.323 e. The highest BCUT2D eigenvalue weighted by molar-refractivity contribution is 5.96. The largest absolute Gasteiger partial charge is 0.469 e. The first kappa shape index (κ1) is 22.8. The third kappa shape index (κ3) is 4.85. The van der Waals surface area contributed by atoms with Gasteiger partial charge in [0.1, 0.15) is 6.04 Å². The molecule has 33 heavy (non-hydrogen) atoms. The number of anilines is 1. The van der Waals surface area contributed by atoms with Gasteiger partial charge >= 0.3 is 12.0 Å². The topological polar surface area (TPSA) is 91.0 Å². The molecule has 2 aliphatic heterocycles. The molecule has 2 aliphatic rings. The van der Waals surface area contributed by atoms with Crippen molar-refractivity contribution < 1.29 is 19.1 Å². The number of nitrogens with zero attached hydrogens (tertiary/aromatic N) is 2. The summed E-state index contributed by atoms with van der Waals surface area (Å²) in [6.07, 6.45) is 0.219. The number of rotatable bonds is 4. The summed E-state index contributed by atoms with van der Waals surface area (Å²) in [6.45, 7) is 4.51. The third-order valence-electron chi connectivity index (χ3n) is 6.35. The highest BCUT2D eigenvalue weighted by atomic mass is 16.5. The molecule has 8 nitrogen and oxygen atoms in total. The monoisotopic (exact) mass is 450 g/mol. The van der Waals surface area contributed by atoms with Crippen LogP contribution in [0.2, 0.25) is 0 Å². The van der Waals surface area contributed by atoms with Crippen LogP contribution in [0.15, 0.2) is 54.6 Å². The molecule has 3 amide bonds. The summed E-state index contributed by atoms with van der Waals surface area (Å²) in [7, 11) is 1.34. The first-order valence-corrected chi connectivity index (χ1v) is 11.3. The minimum Gasteiger partial charge on any atom is -0.469 e. The molecule has 2 saturated heterocycles. The molecule has 2 fully saturated rings. The summed E-state index contributed by atoms with van der Waals surface area (Å²) in [5.74, 6) is -1.20. The molecule has 2 aromatic carbocycles. The van der Waals surface area contributed by atoms with Gasteiger partial charge in [-0.2, -0.15) is 0 Å².